The third-order valence-corrected chi connectivity index (χ3v) is 1.30. The molecule has 0 fully saturated rings. The lowest BCUT2D eigenvalue weighted by Gasteiger charge is -1.94. The summed E-state index contributed by atoms with van der Waals surface area (Å²) in [6.07, 6.45) is 0. The second-order valence-electron chi connectivity index (χ2n) is 3.97. The van der Waals surface area contributed by atoms with Crippen LogP contribution >= 0.6 is 0 Å². The largest absolute Gasteiger partial charge is 0.366 e. The molecular weight excluding hydrogens is 174 g/mol. The van der Waals surface area contributed by atoms with Crippen LogP contribution in [0, 0.1) is 12.8 Å². The Morgan fingerprint density at radius 3 is 2.07 bits per heavy atom. The quantitative estimate of drug-likeness (QED) is 0.732. The van der Waals surface area contributed by atoms with Gasteiger partial charge in [0.05, 0.1) is 0 Å². The first-order valence-corrected chi connectivity index (χ1v) is 4.80. The molecule has 0 aliphatic carbocycles. The fourth-order valence-electron chi connectivity index (χ4n) is 0.798. The zero-order valence-electron chi connectivity index (χ0n) is 9.37. The first-order chi connectivity index (χ1) is 6.43. The summed E-state index contributed by atoms with van der Waals surface area (Å²) in [5.41, 5.74) is 6.67. The van der Waals surface area contributed by atoms with Gasteiger partial charge in [-0.3, -0.25) is 4.79 Å². The third kappa shape index (κ3) is 6.23. The molecule has 0 bridgehead atoms. The van der Waals surface area contributed by atoms with E-state index in [1.807, 2.05) is 19.1 Å². The monoisotopic (exact) mass is 193 g/mol. The first-order valence-electron chi connectivity index (χ1n) is 4.80. The van der Waals surface area contributed by atoms with Crippen molar-refractivity contribution in [1.29, 1.82) is 0 Å². The smallest absolute Gasteiger partial charge is 0.248 e. The summed E-state index contributed by atoms with van der Waals surface area (Å²) >= 11 is 0. The maximum absolute atomic E-state index is 10.6. The van der Waals surface area contributed by atoms with E-state index in [1.165, 1.54) is 0 Å². The van der Waals surface area contributed by atoms with Gasteiger partial charge in [-0.05, 0) is 25.0 Å². The van der Waals surface area contributed by atoms with Crippen LogP contribution in [0.25, 0.3) is 0 Å². The molecule has 14 heavy (non-hydrogen) atoms. The van der Waals surface area contributed by atoms with Crippen molar-refractivity contribution in [2.75, 3.05) is 0 Å². The van der Waals surface area contributed by atoms with Gasteiger partial charge in [-0.1, -0.05) is 38.5 Å². The van der Waals surface area contributed by atoms with E-state index in [0.29, 0.717) is 5.56 Å². The summed E-state index contributed by atoms with van der Waals surface area (Å²) < 4.78 is 0. The summed E-state index contributed by atoms with van der Waals surface area (Å²) in [6.45, 7) is 8.42. The van der Waals surface area contributed by atoms with Gasteiger partial charge >= 0.3 is 0 Å². The molecule has 0 aromatic heterocycles. The molecule has 2 heteroatoms. The predicted octanol–water partition coefficient (Wildman–Crippen LogP) is 2.76. The van der Waals surface area contributed by atoms with E-state index < -0.39 is 0 Å². The number of benzene rings is 1. The Labute approximate surface area is 86.1 Å². The molecule has 1 amide bonds. The van der Waals surface area contributed by atoms with Crippen molar-refractivity contribution < 1.29 is 4.79 Å². The highest BCUT2D eigenvalue weighted by atomic mass is 16.1. The van der Waals surface area contributed by atoms with Gasteiger partial charge < -0.3 is 5.73 Å². The number of aryl methyl sites for hydroxylation is 1. The molecule has 1 aromatic rings. The lowest BCUT2D eigenvalue weighted by Crippen LogP contribution is -2.10. The van der Waals surface area contributed by atoms with E-state index in [4.69, 9.17) is 5.73 Å². The maximum atomic E-state index is 10.6. The number of carbonyl (C=O) groups is 1. The molecule has 78 valence electrons. The number of primary amides is 1. The van der Waals surface area contributed by atoms with Crippen molar-refractivity contribution in [3.05, 3.63) is 35.4 Å². The molecule has 0 saturated carbocycles. The zero-order chi connectivity index (χ0) is 11.1. The number of carbonyl (C=O) groups excluding carboxylic acids is 1. The van der Waals surface area contributed by atoms with E-state index in [-0.39, 0.29) is 5.91 Å². The molecule has 0 heterocycles. The van der Waals surface area contributed by atoms with Crippen molar-refractivity contribution >= 4 is 5.91 Å². The molecule has 0 aliphatic heterocycles. The van der Waals surface area contributed by atoms with Gasteiger partial charge in [0.1, 0.15) is 0 Å². The minimum absolute atomic E-state index is 0.372. The minimum Gasteiger partial charge on any atom is -0.366 e. The molecule has 0 aliphatic rings. The van der Waals surface area contributed by atoms with Crippen molar-refractivity contribution in [2.24, 2.45) is 11.7 Å². The number of hydrogen-bond acceptors (Lipinski definition) is 1. The first kappa shape index (κ1) is 12.7. The van der Waals surface area contributed by atoms with Crippen LogP contribution in [0.1, 0.15) is 36.7 Å². The SMILES string of the molecule is CC(C)C.Cc1cccc(C(N)=O)c1. The third-order valence-electron chi connectivity index (χ3n) is 1.30. The Kier molecular flexibility index (Phi) is 5.61. The average Bonchev–Trinajstić information content (AvgIpc) is 2.03. The van der Waals surface area contributed by atoms with E-state index in [9.17, 15) is 4.79 Å². The van der Waals surface area contributed by atoms with Crippen LogP contribution < -0.4 is 5.73 Å². The van der Waals surface area contributed by atoms with Gasteiger partial charge in [-0.2, -0.15) is 0 Å². The highest BCUT2D eigenvalue weighted by molar-refractivity contribution is 5.92. The molecule has 0 spiro atoms. The Morgan fingerprint density at radius 1 is 1.29 bits per heavy atom. The van der Waals surface area contributed by atoms with Gasteiger partial charge in [0.15, 0.2) is 0 Å². The van der Waals surface area contributed by atoms with E-state index in [2.05, 4.69) is 20.8 Å². The highest BCUT2D eigenvalue weighted by Gasteiger charge is 1.96. The normalized spacial score (nSPS) is 9.21. The summed E-state index contributed by atoms with van der Waals surface area (Å²) in [7, 11) is 0. The van der Waals surface area contributed by atoms with Crippen LogP contribution in [0.15, 0.2) is 24.3 Å². The second-order valence-corrected chi connectivity index (χ2v) is 3.97. The minimum atomic E-state index is -0.372. The molecule has 1 aromatic carbocycles. The van der Waals surface area contributed by atoms with Crippen LogP contribution in [-0.2, 0) is 0 Å². The van der Waals surface area contributed by atoms with Gasteiger partial charge in [-0.15, -0.1) is 0 Å². The van der Waals surface area contributed by atoms with Gasteiger partial charge in [0.2, 0.25) is 5.91 Å². The summed E-state index contributed by atoms with van der Waals surface area (Å²) in [5, 5.41) is 0. The van der Waals surface area contributed by atoms with Crippen LogP contribution in [0.4, 0.5) is 0 Å². The molecule has 0 atom stereocenters. The summed E-state index contributed by atoms with van der Waals surface area (Å²) in [4.78, 5) is 10.6. The van der Waals surface area contributed by atoms with Gasteiger partial charge in [0.25, 0.3) is 0 Å². The fourth-order valence-corrected chi connectivity index (χ4v) is 0.798. The van der Waals surface area contributed by atoms with Gasteiger partial charge in [-0.25, -0.2) is 0 Å². The van der Waals surface area contributed by atoms with Crippen molar-refractivity contribution in [2.45, 2.75) is 27.7 Å². The number of nitrogens with two attached hydrogens (primary N) is 1. The molecule has 0 unspecified atom stereocenters. The number of rotatable bonds is 1. The van der Waals surface area contributed by atoms with Crippen LogP contribution in [0.2, 0.25) is 0 Å². The maximum Gasteiger partial charge on any atom is 0.248 e. The second kappa shape index (κ2) is 6.19. The lowest BCUT2D eigenvalue weighted by atomic mass is 10.1. The number of amides is 1. The highest BCUT2D eigenvalue weighted by Crippen LogP contribution is 2.01. The van der Waals surface area contributed by atoms with E-state index >= 15 is 0 Å². The molecule has 2 nitrogen and oxygen atoms in total. The molecule has 2 N–H and O–H groups in total. The topological polar surface area (TPSA) is 43.1 Å². The Hall–Kier alpha value is -1.31. The Bertz CT molecular complexity index is 289. The van der Waals surface area contributed by atoms with Crippen LogP contribution in [0.5, 0.6) is 0 Å². The summed E-state index contributed by atoms with van der Waals surface area (Å²) in [6, 6.07) is 7.21. The Balaban J connectivity index is 0.000000364. The summed E-state index contributed by atoms with van der Waals surface area (Å²) in [5.74, 6) is 0.462. The number of hydrogen-bond donors (Lipinski definition) is 1. The molecular formula is C12H19NO. The Morgan fingerprint density at radius 2 is 1.79 bits per heavy atom. The molecule has 0 radical (unpaired) electrons. The predicted molar refractivity (Wildman–Crippen MR) is 60.2 cm³/mol. The fraction of sp³-hybridized carbons (Fsp3) is 0.417. The van der Waals surface area contributed by atoms with Crippen LogP contribution in [-0.4, -0.2) is 5.91 Å². The van der Waals surface area contributed by atoms with Crippen molar-refractivity contribution in [3.63, 3.8) is 0 Å². The van der Waals surface area contributed by atoms with E-state index in [1.54, 1.807) is 12.1 Å². The van der Waals surface area contributed by atoms with Crippen LogP contribution in [0.3, 0.4) is 0 Å². The van der Waals surface area contributed by atoms with Gasteiger partial charge in [0, 0.05) is 5.56 Å². The molecule has 0 saturated heterocycles. The zero-order valence-corrected chi connectivity index (χ0v) is 9.37. The van der Waals surface area contributed by atoms with E-state index in [0.717, 1.165) is 11.5 Å². The van der Waals surface area contributed by atoms with Crippen molar-refractivity contribution in [3.8, 4) is 0 Å². The average molecular weight is 193 g/mol. The van der Waals surface area contributed by atoms with Crippen molar-refractivity contribution in [1.82, 2.24) is 0 Å². The molecule has 1 rings (SSSR count). The lowest BCUT2D eigenvalue weighted by molar-refractivity contribution is 0.1000. The standard InChI is InChI=1S/C8H9NO.C4H10/c1-6-3-2-4-7(5-6)8(9)10;1-4(2)3/h2-5H,1H3,(H2,9,10);4H,1-3H3.